The molecule has 0 aliphatic carbocycles. The van der Waals surface area contributed by atoms with Gasteiger partial charge in [0.15, 0.2) is 10.5 Å². The number of hydrogen-bond donors (Lipinski definition) is 0. The molecule has 5 aromatic rings. The number of fused-ring (bicyclic) bond motifs is 4. The molecule has 0 radical (unpaired) electrons. The molecule has 1 aliphatic heterocycles. The summed E-state index contributed by atoms with van der Waals surface area (Å²) in [4.78, 5) is 13.4. The van der Waals surface area contributed by atoms with Crippen LogP contribution in [0.1, 0.15) is 18.9 Å². The van der Waals surface area contributed by atoms with Crippen LogP contribution in [-0.4, -0.2) is 16.5 Å². The molecule has 34 heavy (non-hydrogen) atoms. The van der Waals surface area contributed by atoms with Crippen LogP contribution in [0, 0.1) is 0 Å². The van der Waals surface area contributed by atoms with Crippen LogP contribution in [0.3, 0.4) is 0 Å². The topological polar surface area (TPSA) is 32.9 Å². The molecule has 0 unspecified atom stereocenters. The van der Waals surface area contributed by atoms with Gasteiger partial charge in [0.2, 0.25) is 0 Å². The third-order valence-electron chi connectivity index (χ3n) is 5.92. The van der Waals surface area contributed by atoms with Gasteiger partial charge in [-0.1, -0.05) is 65.6 Å². The van der Waals surface area contributed by atoms with E-state index in [1.54, 1.807) is 23.1 Å². The van der Waals surface area contributed by atoms with E-state index in [0.29, 0.717) is 0 Å². The Kier molecular flexibility index (Phi) is 6.42. The van der Waals surface area contributed by atoms with Crippen LogP contribution in [0.4, 0.5) is 5.82 Å². The maximum Gasteiger partial charge on any atom is 0.342 e. The summed E-state index contributed by atoms with van der Waals surface area (Å²) < 4.78 is 3.51. The monoisotopic (exact) mass is 546 g/mol. The van der Waals surface area contributed by atoms with Gasteiger partial charge >= 0.3 is 5.65 Å². The Bertz CT molecular complexity index is 1590. The minimum atomic E-state index is 0. The largest absolute Gasteiger partial charge is 1.00 e. The normalized spacial score (nSPS) is 14.5. The molecule has 0 atom stereocenters. The summed E-state index contributed by atoms with van der Waals surface area (Å²) in [5, 5.41) is 4.79. The predicted octanol–water partition coefficient (Wildman–Crippen LogP) is 3.80. The van der Waals surface area contributed by atoms with Crippen molar-refractivity contribution in [1.82, 2.24) is 9.97 Å². The molecule has 0 saturated heterocycles. The van der Waals surface area contributed by atoms with Crippen molar-refractivity contribution in [3.05, 3.63) is 82.9 Å². The summed E-state index contributed by atoms with van der Waals surface area (Å²) in [6.45, 7) is 6.13. The van der Waals surface area contributed by atoms with Crippen molar-refractivity contribution < 1.29 is 21.5 Å². The highest BCUT2D eigenvalue weighted by Gasteiger charge is 2.25. The first-order chi connectivity index (χ1) is 16.2. The molecular formula is C27H23BrN4S2. The minimum absolute atomic E-state index is 0. The van der Waals surface area contributed by atoms with E-state index in [4.69, 9.17) is 9.97 Å². The first-order valence-electron chi connectivity index (χ1n) is 11.2. The zero-order chi connectivity index (χ0) is 22.4. The fourth-order valence-electron chi connectivity index (χ4n) is 4.33. The van der Waals surface area contributed by atoms with Crippen LogP contribution in [0.2, 0.25) is 0 Å². The van der Waals surface area contributed by atoms with Gasteiger partial charge in [-0.15, -0.1) is 0 Å². The summed E-state index contributed by atoms with van der Waals surface area (Å²) in [7, 11) is 0. The van der Waals surface area contributed by atoms with E-state index >= 15 is 0 Å². The van der Waals surface area contributed by atoms with E-state index < -0.39 is 0 Å². The number of thiazole rings is 1. The standard InChI is InChI=1S/C27H23N4S2.BrH/c1-3-30-24(32-22-16-18-10-5-7-12-20(18)28-26(22)30)14-9-15-25-31(4-2)27-23(33-25)17-19-11-6-8-13-21(19)29-27;/h5-17H,3-4H2,1-2H3;1H/q+1;/p-1. The van der Waals surface area contributed by atoms with Crippen LogP contribution in [0.5, 0.6) is 0 Å². The number of nitrogens with zero attached hydrogens (tertiary/aromatic N) is 4. The Morgan fingerprint density at radius 2 is 1.65 bits per heavy atom. The van der Waals surface area contributed by atoms with Gasteiger partial charge in [0, 0.05) is 17.3 Å². The quantitative estimate of drug-likeness (QED) is 0.321. The average molecular weight is 548 g/mol. The Balaban J connectivity index is 0.00000241. The second-order valence-corrected chi connectivity index (χ2v) is 10.0. The second kappa shape index (κ2) is 9.49. The van der Waals surface area contributed by atoms with Gasteiger partial charge in [-0.3, -0.25) is 0 Å². The molecule has 0 spiro atoms. The lowest BCUT2D eigenvalue weighted by molar-refractivity contribution is -0.666. The molecule has 0 bridgehead atoms. The van der Waals surface area contributed by atoms with Gasteiger partial charge in [0.05, 0.1) is 22.0 Å². The summed E-state index contributed by atoms with van der Waals surface area (Å²) in [5.74, 6) is 1.06. The summed E-state index contributed by atoms with van der Waals surface area (Å²) in [6.07, 6.45) is 6.57. The van der Waals surface area contributed by atoms with Crippen LogP contribution in [0.15, 0.2) is 82.7 Å². The van der Waals surface area contributed by atoms with Crippen molar-refractivity contribution in [2.75, 3.05) is 11.4 Å². The minimum Gasteiger partial charge on any atom is -1.00 e. The van der Waals surface area contributed by atoms with Crippen LogP contribution >= 0.6 is 23.1 Å². The zero-order valence-electron chi connectivity index (χ0n) is 18.9. The van der Waals surface area contributed by atoms with Crippen molar-refractivity contribution in [3.63, 3.8) is 0 Å². The lowest BCUT2D eigenvalue weighted by Gasteiger charge is -2.16. The Morgan fingerprint density at radius 1 is 0.941 bits per heavy atom. The van der Waals surface area contributed by atoms with Crippen LogP contribution in [0.25, 0.3) is 38.2 Å². The smallest absolute Gasteiger partial charge is 0.342 e. The molecule has 3 aromatic heterocycles. The van der Waals surface area contributed by atoms with Crippen molar-refractivity contribution in [2.45, 2.75) is 25.3 Å². The third kappa shape index (κ3) is 3.91. The number of aryl methyl sites for hydroxylation is 1. The molecule has 0 N–H and O–H groups in total. The van der Waals surface area contributed by atoms with Gasteiger partial charge in [0.1, 0.15) is 10.5 Å². The van der Waals surface area contributed by atoms with Crippen molar-refractivity contribution in [1.29, 1.82) is 0 Å². The highest BCUT2D eigenvalue weighted by molar-refractivity contribution is 8.03. The van der Waals surface area contributed by atoms with Crippen molar-refractivity contribution >= 4 is 67.1 Å². The number of para-hydroxylation sites is 2. The maximum atomic E-state index is 4.94. The number of pyridine rings is 2. The number of anilines is 1. The van der Waals surface area contributed by atoms with Crippen LogP contribution in [-0.2, 0) is 6.54 Å². The number of halogens is 1. The number of allylic oxidation sites excluding steroid dienone is 2. The van der Waals surface area contributed by atoms with Gasteiger partial charge in [-0.05, 0) is 55.2 Å². The first kappa shape index (κ1) is 23.0. The number of hydrogen-bond acceptors (Lipinski definition) is 5. The predicted molar refractivity (Wildman–Crippen MR) is 141 cm³/mol. The Hall–Kier alpha value is -2.74. The Morgan fingerprint density at radius 3 is 2.38 bits per heavy atom. The molecule has 170 valence electrons. The van der Waals surface area contributed by atoms with E-state index in [0.717, 1.165) is 35.6 Å². The average Bonchev–Trinajstić information content (AvgIpc) is 3.36. The molecule has 2 aromatic carbocycles. The molecule has 7 heteroatoms. The molecule has 4 heterocycles. The van der Waals surface area contributed by atoms with Crippen LogP contribution < -0.4 is 26.4 Å². The fraction of sp³-hybridized carbons (Fsp3) is 0.148. The molecule has 0 saturated carbocycles. The van der Waals surface area contributed by atoms with E-state index in [1.807, 2.05) is 12.1 Å². The molecular weight excluding hydrogens is 524 g/mol. The van der Waals surface area contributed by atoms with E-state index in [2.05, 4.69) is 90.1 Å². The van der Waals surface area contributed by atoms with Gasteiger partial charge in [-0.25, -0.2) is 9.55 Å². The van der Waals surface area contributed by atoms with E-state index in [1.165, 1.54) is 30.4 Å². The number of benzene rings is 2. The number of rotatable bonds is 4. The summed E-state index contributed by atoms with van der Waals surface area (Å²) in [6, 6.07) is 21.2. The van der Waals surface area contributed by atoms with Crippen molar-refractivity contribution in [3.8, 4) is 0 Å². The van der Waals surface area contributed by atoms with Gasteiger partial charge in [0.25, 0.3) is 0 Å². The highest BCUT2D eigenvalue weighted by Crippen LogP contribution is 2.45. The van der Waals surface area contributed by atoms with E-state index in [-0.39, 0.29) is 17.0 Å². The molecule has 4 nitrogen and oxygen atoms in total. The molecule has 0 fully saturated rings. The van der Waals surface area contributed by atoms with Crippen molar-refractivity contribution in [2.24, 2.45) is 0 Å². The third-order valence-corrected chi connectivity index (χ3v) is 8.09. The molecule has 6 rings (SSSR count). The van der Waals surface area contributed by atoms with Gasteiger partial charge in [-0.2, -0.15) is 0 Å². The number of aromatic nitrogens is 3. The fourth-order valence-corrected chi connectivity index (χ4v) is 6.59. The zero-order valence-corrected chi connectivity index (χ0v) is 22.1. The lowest BCUT2D eigenvalue weighted by atomic mass is 10.2. The Labute approximate surface area is 217 Å². The first-order valence-corrected chi connectivity index (χ1v) is 12.8. The number of thioether (sulfide) groups is 1. The highest BCUT2D eigenvalue weighted by atomic mass is 79.9. The molecule has 1 aliphatic rings. The molecule has 0 amide bonds. The second-order valence-electron chi connectivity index (χ2n) is 7.90. The maximum absolute atomic E-state index is 4.94. The summed E-state index contributed by atoms with van der Waals surface area (Å²) in [5.41, 5.74) is 3.14. The van der Waals surface area contributed by atoms with Gasteiger partial charge < -0.3 is 21.9 Å². The lowest BCUT2D eigenvalue weighted by Crippen LogP contribution is -3.00. The SMILES string of the molecule is CCN1/C(=C/C=C/c2sc3cc4ccccc4nc3[n+]2CC)Sc2cc3ccccc3nc21.[Br-]. The summed E-state index contributed by atoms with van der Waals surface area (Å²) >= 11 is 3.59. The van der Waals surface area contributed by atoms with E-state index in [9.17, 15) is 0 Å².